The second kappa shape index (κ2) is 15.4. The molecule has 0 fully saturated rings. The van der Waals surface area contributed by atoms with E-state index in [9.17, 15) is 52.7 Å². The minimum absolute atomic E-state index is 0.00162. The molecule has 0 saturated carbocycles. The van der Waals surface area contributed by atoms with Gasteiger partial charge in [-0.25, -0.2) is 87.8 Å². The van der Waals surface area contributed by atoms with Crippen LogP contribution in [-0.4, -0.2) is 21.5 Å². The molecule has 0 bridgehead atoms. The summed E-state index contributed by atoms with van der Waals surface area (Å²) in [4.78, 5) is 0. The molecule has 0 nitrogen and oxygen atoms in total. The molecule has 0 atom stereocenters. The average Bonchev–Trinajstić information content (AvgIpc) is 3.29. The van der Waals surface area contributed by atoms with Gasteiger partial charge in [-0.3, -0.25) is 0 Å². The molecule has 1 heterocycles. The first kappa shape index (κ1) is 45.3. The van der Waals surface area contributed by atoms with E-state index in [0.29, 0.717) is 0 Å². The molecule has 7 aromatic rings. The molecule has 0 amide bonds. The third-order valence-electron chi connectivity index (χ3n) is 11.5. The van der Waals surface area contributed by atoms with Crippen LogP contribution in [0.5, 0.6) is 0 Å². The monoisotopic (exact) mass is 948 g/mol. The van der Waals surface area contributed by atoms with E-state index in [0.717, 1.165) is 42.5 Å². The first-order chi connectivity index (χ1) is 30.4. The molecule has 7 aromatic carbocycles. The molecule has 0 N–H and O–H groups in total. The van der Waals surface area contributed by atoms with Gasteiger partial charge in [0, 0.05) is 21.9 Å². The molecule has 1 aliphatic heterocycles. The van der Waals surface area contributed by atoms with Crippen LogP contribution in [-0.2, 0) is 0 Å². The van der Waals surface area contributed by atoms with Crippen LogP contribution in [0.3, 0.4) is 0 Å². The molecule has 0 radical (unpaired) electrons. The van der Waals surface area contributed by atoms with Crippen LogP contribution in [0, 0.1) is 116 Å². The van der Waals surface area contributed by atoms with E-state index in [1.54, 1.807) is 0 Å². The highest BCUT2D eigenvalue weighted by Crippen LogP contribution is 2.34. The van der Waals surface area contributed by atoms with E-state index in [1.165, 1.54) is 19.2 Å². The highest BCUT2D eigenvalue weighted by molar-refractivity contribution is 7.04. The lowest BCUT2D eigenvalue weighted by Crippen LogP contribution is -2.62. The molecule has 65 heavy (non-hydrogen) atoms. The van der Waals surface area contributed by atoms with Crippen LogP contribution in [0.1, 0.15) is 0 Å². The molecule has 0 spiro atoms. The van der Waals surface area contributed by atoms with Gasteiger partial charge in [-0.2, -0.15) is 0 Å². The number of hydrogen-bond donors (Lipinski definition) is 0. The summed E-state index contributed by atoms with van der Waals surface area (Å²) < 4.78 is 300. The zero-order chi connectivity index (χ0) is 47.8. The third kappa shape index (κ3) is 6.23. The van der Waals surface area contributed by atoms with Gasteiger partial charge in [0.15, 0.2) is 116 Å². The van der Waals surface area contributed by atoms with Gasteiger partial charge in [0.05, 0.1) is 0 Å². The van der Waals surface area contributed by atoms with Crippen molar-refractivity contribution in [3.8, 4) is 11.1 Å². The van der Waals surface area contributed by atoms with Crippen molar-refractivity contribution in [3.63, 3.8) is 0 Å². The van der Waals surface area contributed by atoms with Crippen molar-refractivity contribution >= 4 is 75.4 Å². The molecular weight excluding hydrogens is 934 g/mol. The fourth-order valence-electron chi connectivity index (χ4n) is 8.50. The molecule has 23 heteroatoms. The van der Waals surface area contributed by atoms with E-state index < -0.39 is 171 Å². The van der Waals surface area contributed by atoms with Crippen LogP contribution >= 0.6 is 0 Å². The Hall–Kier alpha value is -6.25. The van der Waals surface area contributed by atoms with Gasteiger partial charge in [-0.05, 0) is 32.3 Å². The van der Waals surface area contributed by atoms with Gasteiger partial charge in [0.1, 0.15) is 8.07 Å². The predicted octanol–water partition coefficient (Wildman–Crippen LogP) is 7.46. The number of hydrogen-bond acceptors (Lipinski definition) is 0. The van der Waals surface area contributed by atoms with E-state index in [4.69, 9.17) is 0 Å². The summed E-state index contributed by atoms with van der Waals surface area (Å²) in [5.41, 5.74) is -9.84. The Bertz CT molecular complexity index is 3030. The lowest BCUT2D eigenvalue weighted by atomic mass is 9.35. The van der Waals surface area contributed by atoms with Crippen molar-refractivity contribution in [2.24, 2.45) is 0 Å². The maximum Gasteiger partial charge on any atom is 0.257 e. The standard InChI is InChI=1S/C42H14B2F20Si/c1-65(2)16-5-3-4-14-15(44(21-27(49)35(57)41(63)36(58)28(21)50)22-29(51)37(59)42(64)38(60)30(22)52)9-8-13(18(14)16)12-7-6-11(10-17(12)65)43(19-23(45)31(53)39(61)32(54)24(19)46)20-25(47)33(55)40(62)34(56)26(20)48/h3-10H,1-2H3. The van der Waals surface area contributed by atoms with Gasteiger partial charge < -0.3 is 0 Å². The first-order valence-corrected chi connectivity index (χ1v) is 21.2. The Morgan fingerprint density at radius 2 is 0.646 bits per heavy atom. The van der Waals surface area contributed by atoms with Crippen LogP contribution < -0.4 is 43.2 Å². The van der Waals surface area contributed by atoms with Crippen molar-refractivity contribution in [2.75, 3.05) is 0 Å². The maximum atomic E-state index is 15.7. The number of rotatable bonds is 6. The summed E-state index contributed by atoms with van der Waals surface area (Å²) in [6.45, 7) is -3.05. The largest absolute Gasteiger partial charge is 0.257 e. The predicted molar refractivity (Wildman–Crippen MR) is 200 cm³/mol. The topological polar surface area (TPSA) is 0 Å². The fraction of sp³-hybridized carbons (Fsp3) is 0.0476. The normalized spacial score (nSPS) is 12.9. The minimum atomic E-state index is -3.69. The van der Waals surface area contributed by atoms with Gasteiger partial charge >= 0.3 is 0 Å². The average molecular weight is 948 g/mol. The van der Waals surface area contributed by atoms with E-state index >= 15 is 35.1 Å². The smallest absolute Gasteiger partial charge is 0.204 e. The van der Waals surface area contributed by atoms with Crippen LogP contribution in [0.25, 0.3) is 21.9 Å². The van der Waals surface area contributed by atoms with Crippen molar-refractivity contribution < 1.29 is 87.8 Å². The molecule has 0 aromatic heterocycles. The van der Waals surface area contributed by atoms with Gasteiger partial charge in [0.2, 0.25) is 0 Å². The Balaban J connectivity index is 1.45. The van der Waals surface area contributed by atoms with Crippen molar-refractivity contribution in [1.29, 1.82) is 0 Å². The summed E-state index contributed by atoms with van der Waals surface area (Å²) in [6.07, 6.45) is 0. The van der Waals surface area contributed by atoms with Crippen LogP contribution in [0.4, 0.5) is 87.8 Å². The molecule has 0 aliphatic carbocycles. The molecule has 0 unspecified atom stereocenters. The lowest BCUT2D eigenvalue weighted by Gasteiger charge is -2.35. The molecule has 332 valence electrons. The first-order valence-electron chi connectivity index (χ1n) is 18.2. The van der Waals surface area contributed by atoms with E-state index in [1.807, 2.05) is 0 Å². The van der Waals surface area contributed by atoms with Crippen molar-refractivity contribution in [1.82, 2.24) is 0 Å². The Morgan fingerprint density at radius 1 is 0.323 bits per heavy atom. The summed E-state index contributed by atoms with van der Waals surface area (Å²) in [5.74, 6) is -54.0. The second-order valence-corrected chi connectivity index (χ2v) is 19.5. The Kier molecular flexibility index (Phi) is 10.8. The zero-order valence-electron chi connectivity index (χ0n) is 31.8. The van der Waals surface area contributed by atoms with Crippen molar-refractivity contribution in [3.05, 3.63) is 165 Å². The summed E-state index contributed by atoms with van der Waals surface area (Å²) in [5, 5.41) is -0.268. The summed E-state index contributed by atoms with van der Waals surface area (Å²) in [7, 11) is -3.69. The third-order valence-corrected chi connectivity index (χ3v) is 15.1. The fourth-order valence-corrected chi connectivity index (χ4v) is 11.6. The number of fused-ring (bicyclic) bond motifs is 2. The molecule has 0 saturated heterocycles. The van der Waals surface area contributed by atoms with Crippen molar-refractivity contribution in [2.45, 2.75) is 13.1 Å². The van der Waals surface area contributed by atoms with E-state index in [-0.39, 0.29) is 32.3 Å². The number of benzene rings is 7. The summed E-state index contributed by atoms with van der Waals surface area (Å²) >= 11 is 0. The summed E-state index contributed by atoms with van der Waals surface area (Å²) in [6, 6.07) is 7.97. The quantitative estimate of drug-likeness (QED) is 0.0704. The zero-order valence-corrected chi connectivity index (χ0v) is 32.8. The second-order valence-electron chi connectivity index (χ2n) is 15.2. The van der Waals surface area contributed by atoms with Crippen LogP contribution in [0.15, 0.2) is 48.5 Å². The Labute approximate surface area is 351 Å². The highest BCUT2D eigenvalue weighted by Gasteiger charge is 2.45. The molecule has 8 rings (SSSR count). The molecule has 1 aliphatic rings. The van der Waals surface area contributed by atoms with Gasteiger partial charge in [0.25, 0.3) is 13.4 Å². The van der Waals surface area contributed by atoms with Gasteiger partial charge in [-0.1, -0.05) is 72.6 Å². The highest BCUT2D eigenvalue weighted by atomic mass is 28.3. The van der Waals surface area contributed by atoms with Gasteiger partial charge in [-0.15, -0.1) is 0 Å². The number of halogens is 20. The SMILES string of the molecule is C[Si]1(C)c2cc(B(c3c(F)c(F)c(F)c(F)c3F)c3c(F)c(F)c(F)c(F)c3F)ccc2-c2ccc(B(c3c(F)c(F)c(F)c(F)c3F)c3c(F)c(F)c(F)c(F)c3F)c3cccc1c23. The van der Waals surface area contributed by atoms with Crippen LogP contribution in [0.2, 0.25) is 13.1 Å². The minimum Gasteiger partial charge on any atom is -0.204 e. The van der Waals surface area contributed by atoms with E-state index in [2.05, 4.69) is 0 Å². The maximum absolute atomic E-state index is 15.7. The molecular formula is C42H14B2F20Si. The Morgan fingerprint density at radius 3 is 1.02 bits per heavy atom. The lowest BCUT2D eigenvalue weighted by molar-refractivity contribution is 0.382.